The van der Waals surface area contributed by atoms with Crippen molar-refractivity contribution < 1.29 is 19.1 Å². The van der Waals surface area contributed by atoms with Crippen LogP contribution in [0.25, 0.3) is 0 Å². The maximum atomic E-state index is 11.9. The summed E-state index contributed by atoms with van der Waals surface area (Å²) >= 11 is 3.96. The minimum atomic E-state index is -0.627. The van der Waals surface area contributed by atoms with Crippen LogP contribution in [0.15, 0.2) is 41.0 Å². The maximum absolute atomic E-state index is 11.9. The maximum Gasteiger partial charge on any atom is 0.412 e. The highest BCUT2D eigenvalue weighted by atomic mass is 32.1. The number of hydrogen-bond acceptors (Lipinski definition) is 7. The van der Waals surface area contributed by atoms with Crippen LogP contribution in [0.1, 0.15) is 27.7 Å². The zero-order chi connectivity index (χ0) is 19.7. The molecule has 142 valence electrons. The number of rotatable bonds is 5. The predicted octanol–water partition coefficient (Wildman–Crippen LogP) is 2.90. The zero-order valence-electron chi connectivity index (χ0n) is 15.2. The fourth-order valence-corrected chi connectivity index (χ4v) is 1.97. The van der Waals surface area contributed by atoms with Gasteiger partial charge in [0.15, 0.2) is 5.84 Å². The van der Waals surface area contributed by atoms with Crippen LogP contribution in [0.2, 0.25) is 0 Å². The topological polar surface area (TPSA) is 115 Å². The van der Waals surface area contributed by atoms with Crippen LogP contribution in [0.4, 0.5) is 16.2 Å². The second-order valence-corrected chi connectivity index (χ2v) is 6.27. The fraction of sp³-hybridized carbons (Fsp3) is 0.353. The number of carbonyl (C=O) groups is 2. The Bertz CT molecular complexity index is 711. The number of nitrogens with one attached hydrogen (secondary N) is 2. The summed E-state index contributed by atoms with van der Waals surface area (Å²) in [5, 5.41) is 2.62. The first-order chi connectivity index (χ1) is 12.2. The molecular weight excluding hydrogens is 356 g/mol. The minimum Gasteiger partial charge on any atom is -0.462 e. The van der Waals surface area contributed by atoms with E-state index >= 15 is 0 Å². The van der Waals surface area contributed by atoms with Gasteiger partial charge in [-0.2, -0.15) is 0 Å². The Morgan fingerprint density at radius 2 is 2.04 bits per heavy atom. The SMILES string of the molecule is CCOC(=O)C(=CN)C(=Nc1cccc(NC(=O)OC(C)(C)C)c1)NS. The molecule has 0 saturated carbocycles. The molecule has 1 aromatic carbocycles. The van der Waals surface area contributed by atoms with Gasteiger partial charge in [-0.1, -0.05) is 18.9 Å². The number of nitrogens with two attached hydrogens (primary N) is 1. The minimum absolute atomic E-state index is 0.0346. The first-order valence-corrected chi connectivity index (χ1v) is 8.33. The van der Waals surface area contributed by atoms with E-state index in [0.29, 0.717) is 11.4 Å². The van der Waals surface area contributed by atoms with E-state index in [1.54, 1.807) is 52.0 Å². The molecule has 0 aliphatic heterocycles. The number of amides is 1. The summed E-state index contributed by atoms with van der Waals surface area (Å²) in [5.74, 6) is -0.512. The van der Waals surface area contributed by atoms with E-state index in [4.69, 9.17) is 15.2 Å². The molecule has 8 nitrogen and oxygen atoms in total. The van der Waals surface area contributed by atoms with Crippen LogP contribution in [-0.2, 0) is 14.3 Å². The Morgan fingerprint density at radius 1 is 1.35 bits per heavy atom. The normalized spacial score (nSPS) is 12.3. The number of benzene rings is 1. The van der Waals surface area contributed by atoms with Gasteiger partial charge in [-0.05, 0) is 45.9 Å². The third kappa shape index (κ3) is 7.06. The summed E-state index contributed by atoms with van der Waals surface area (Å²) in [6.07, 6.45) is 0.503. The van der Waals surface area contributed by atoms with Gasteiger partial charge in [0.25, 0.3) is 0 Å². The average molecular weight is 380 g/mol. The Morgan fingerprint density at radius 3 is 2.58 bits per heavy atom. The molecule has 0 saturated heterocycles. The number of carbonyl (C=O) groups excluding carboxylic acids is 2. The molecule has 0 aromatic heterocycles. The largest absolute Gasteiger partial charge is 0.462 e. The molecule has 0 bridgehead atoms. The van der Waals surface area contributed by atoms with Crippen molar-refractivity contribution in [3.63, 3.8) is 0 Å². The standard InChI is InChI=1S/C17H24N4O4S/c1-5-24-15(22)13(10-18)14(21-26)19-11-7-6-8-12(9-11)20-16(23)25-17(2,3)4/h6-10,26H,5,18H2,1-4H3,(H,19,21)(H,20,23). The van der Waals surface area contributed by atoms with Crippen molar-refractivity contribution in [2.24, 2.45) is 10.7 Å². The second-order valence-electron chi connectivity index (χ2n) is 6.05. The van der Waals surface area contributed by atoms with Gasteiger partial charge in [-0.25, -0.2) is 14.6 Å². The highest BCUT2D eigenvalue weighted by molar-refractivity contribution is 7.78. The molecule has 0 heterocycles. The lowest BCUT2D eigenvalue weighted by atomic mass is 10.2. The Hall–Kier alpha value is -2.68. The molecule has 0 aliphatic carbocycles. The van der Waals surface area contributed by atoms with Crippen LogP contribution >= 0.6 is 12.8 Å². The molecule has 1 amide bonds. The van der Waals surface area contributed by atoms with Gasteiger partial charge in [0.05, 0.1) is 12.3 Å². The lowest BCUT2D eigenvalue weighted by Gasteiger charge is -2.19. The van der Waals surface area contributed by atoms with Crippen LogP contribution in [0.5, 0.6) is 0 Å². The smallest absolute Gasteiger partial charge is 0.412 e. The molecule has 4 N–H and O–H groups in total. The molecule has 1 aromatic rings. The van der Waals surface area contributed by atoms with Crippen molar-refractivity contribution in [1.82, 2.24) is 4.72 Å². The molecule has 1 rings (SSSR count). The highest BCUT2D eigenvalue weighted by Crippen LogP contribution is 2.20. The van der Waals surface area contributed by atoms with Crippen LogP contribution in [-0.4, -0.2) is 30.1 Å². The van der Waals surface area contributed by atoms with Crippen LogP contribution in [0, 0.1) is 0 Å². The molecule has 0 radical (unpaired) electrons. The lowest BCUT2D eigenvalue weighted by Crippen LogP contribution is -2.27. The van der Waals surface area contributed by atoms with Gasteiger partial charge < -0.3 is 19.9 Å². The molecule has 0 atom stereocenters. The van der Waals surface area contributed by atoms with E-state index in [9.17, 15) is 9.59 Å². The molecule has 0 aliphatic rings. The lowest BCUT2D eigenvalue weighted by molar-refractivity contribution is -0.137. The predicted molar refractivity (Wildman–Crippen MR) is 104 cm³/mol. The summed E-state index contributed by atoms with van der Waals surface area (Å²) in [4.78, 5) is 28.0. The van der Waals surface area contributed by atoms with Gasteiger partial charge in [0.1, 0.15) is 11.2 Å². The second kappa shape index (κ2) is 9.71. The van der Waals surface area contributed by atoms with Gasteiger partial charge in [-0.3, -0.25) is 5.32 Å². The zero-order valence-corrected chi connectivity index (χ0v) is 16.1. The Balaban J connectivity index is 3.02. The quantitative estimate of drug-likeness (QED) is 0.205. The number of aliphatic imine (C=N–C) groups is 1. The number of anilines is 1. The Kier molecular flexibility index (Phi) is 7.98. The van der Waals surface area contributed by atoms with E-state index in [1.165, 1.54) is 0 Å². The molecule has 0 fully saturated rings. The Labute approximate surface area is 158 Å². The molecule has 26 heavy (non-hydrogen) atoms. The van der Waals surface area contributed by atoms with Crippen molar-refractivity contribution in [2.75, 3.05) is 11.9 Å². The van der Waals surface area contributed by atoms with Gasteiger partial charge >= 0.3 is 12.1 Å². The van der Waals surface area contributed by atoms with E-state index in [1.807, 2.05) is 0 Å². The van der Waals surface area contributed by atoms with Gasteiger partial charge in [-0.15, -0.1) is 0 Å². The summed E-state index contributed by atoms with van der Waals surface area (Å²) in [7, 11) is 0. The first-order valence-electron chi connectivity index (χ1n) is 7.88. The summed E-state index contributed by atoms with van der Waals surface area (Å²) in [6.45, 7) is 7.20. The number of esters is 1. The molecule has 0 spiro atoms. The molecule has 9 heteroatoms. The van der Waals surface area contributed by atoms with Crippen molar-refractivity contribution in [3.05, 3.63) is 36.0 Å². The number of amidine groups is 1. The number of nitrogens with zero attached hydrogens (tertiary/aromatic N) is 1. The van der Waals surface area contributed by atoms with Crippen molar-refractivity contribution in [3.8, 4) is 0 Å². The van der Waals surface area contributed by atoms with Gasteiger partial charge in [0.2, 0.25) is 0 Å². The summed E-state index contributed by atoms with van der Waals surface area (Å²) < 4.78 is 12.6. The van der Waals surface area contributed by atoms with Crippen molar-refractivity contribution in [1.29, 1.82) is 0 Å². The third-order valence-electron chi connectivity index (χ3n) is 2.76. The summed E-state index contributed by atoms with van der Waals surface area (Å²) in [6, 6.07) is 6.67. The van der Waals surface area contributed by atoms with E-state index in [0.717, 1.165) is 6.20 Å². The average Bonchev–Trinajstić information content (AvgIpc) is 2.53. The first kappa shape index (κ1) is 21.4. The van der Waals surface area contributed by atoms with Crippen LogP contribution in [0.3, 0.4) is 0 Å². The number of ether oxygens (including phenoxy) is 2. The highest BCUT2D eigenvalue weighted by Gasteiger charge is 2.18. The molecular formula is C17H24N4O4S. The van der Waals surface area contributed by atoms with Gasteiger partial charge in [0, 0.05) is 11.9 Å². The number of hydrogen-bond donors (Lipinski definition) is 4. The summed E-state index contributed by atoms with van der Waals surface area (Å²) in [5.41, 5.74) is 5.86. The number of thiol groups is 1. The van der Waals surface area contributed by atoms with Crippen molar-refractivity contribution >= 4 is 42.1 Å². The van der Waals surface area contributed by atoms with E-state index in [-0.39, 0.29) is 18.0 Å². The van der Waals surface area contributed by atoms with Crippen LogP contribution < -0.4 is 15.8 Å². The monoisotopic (exact) mass is 380 g/mol. The van der Waals surface area contributed by atoms with E-state index < -0.39 is 17.7 Å². The van der Waals surface area contributed by atoms with Crippen molar-refractivity contribution in [2.45, 2.75) is 33.3 Å². The van der Waals surface area contributed by atoms with E-state index in [2.05, 4.69) is 27.8 Å². The molecule has 0 unspecified atom stereocenters. The fourth-order valence-electron chi connectivity index (χ4n) is 1.80. The third-order valence-corrected chi connectivity index (χ3v) is 2.97.